The van der Waals surface area contributed by atoms with Gasteiger partial charge in [0.15, 0.2) is 23.0 Å². The number of hydrogen-bond donors (Lipinski definition) is 2. The molecule has 1 atom stereocenters. The minimum absolute atomic E-state index is 0. The molecule has 7 heteroatoms. The largest absolute Gasteiger partial charge is 0.504 e. The summed E-state index contributed by atoms with van der Waals surface area (Å²) in [5.74, 6) is 1.80. The van der Waals surface area contributed by atoms with E-state index in [2.05, 4.69) is 4.90 Å². The molecule has 0 amide bonds. The average molecular weight is 438 g/mol. The number of methoxy groups -OCH3 is 3. The zero-order chi connectivity index (χ0) is 18.4. The molecule has 2 aromatic rings. The standard InChI is InChI=1S/C20H23NO5.BrH/c1-24-16-5-4-11-8-14-17-12(6-7-21(14)10-13(11)18(16)23)9-15(22)19(25-2)20(17)26-3;/h4-5,9,14,22-23H,6-8,10H2,1-3H3;1H. The lowest BCUT2D eigenvalue weighted by atomic mass is 9.83. The van der Waals surface area contributed by atoms with Crippen LogP contribution in [0.2, 0.25) is 0 Å². The Morgan fingerprint density at radius 2 is 1.74 bits per heavy atom. The fourth-order valence-corrected chi connectivity index (χ4v) is 4.29. The van der Waals surface area contributed by atoms with Crippen LogP contribution >= 0.6 is 17.0 Å². The Labute approximate surface area is 169 Å². The van der Waals surface area contributed by atoms with Gasteiger partial charge >= 0.3 is 0 Å². The van der Waals surface area contributed by atoms with Crippen LogP contribution in [-0.4, -0.2) is 43.0 Å². The molecule has 1 unspecified atom stereocenters. The molecule has 2 aliphatic rings. The molecule has 0 saturated carbocycles. The third kappa shape index (κ3) is 2.99. The van der Waals surface area contributed by atoms with Crippen LogP contribution in [0.3, 0.4) is 0 Å². The van der Waals surface area contributed by atoms with Crippen molar-refractivity contribution in [3.05, 3.63) is 40.5 Å². The number of nitrogens with zero attached hydrogens (tertiary/aromatic N) is 1. The van der Waals surface area contributed by atoms with Crippen molar-refractivity contribution < 1.29 is 24.4 Å². The van der Waals surface area contributed by atoms with Gasteiger partial charge in [0.05, 0.1) is 21.3 Å². The molecule has 0 spiro atoms. The first kappa shape index (κ1) is 19.6. The van der Waals surface area contributed by atoms with Crippen molar-refractivity contribution in [3.63, 3.8) is 0 Å². The van der Waals surface area contributed by atoms with E-state index in [-0.39, 0.29) is 34.5 Å². The number of ether oxygens (including phenoxy) is 3. The van der Waals surface area contributed by atoms with Gasteiger partial charge in [-0.25, -0.2) is 0 Å². The van der Waals surface area contributed by atoms with Crippen molar-refractivity contribution in [2.75, 3.05) is 27.9 Å². The summed E-state index contributed by atoms with van der Waals surface area (Å²) in [5, 5.41) is 20.8. The molecule has 2 aromatic carbocycles. The predicted octanol–water partition coefficient (Wildman–Crippen LogP) is 3.36. The van der Waals surface area contributed by atoms with Crippen LogP contribution in [0.5, 0.6) is 28.7 Å². The average Bonchev–Trinajstić information content (AvgIpc) is 2.65. The number of phenolic OH excluding ortho intramolecular Hbond substituents is 2. The molecule has 2 aliphatic heterocycles. The number of halogens is 1. The van der Waals surface area contributed by atoms with Gasteiger partial charge in [-0.1, -0.05) is 6.07 Å². The van der Waals surface area contributed by atoms with E-state index < -0.39 is 0 Å². The monoisotopic (exact) mass is 437 g/mol. The van der Waals surface area contributed by atoms with Gasteiger partial charge in [-0.3, -0.25) is 4.90 Å². The van der Waals surface area contributed by atoms with E-state index in [4.69, 9.17) is 14.2 Å². The second-order valence-electron chi connectivity index (χ2n) is 6.73. The Bertz CT molecular complexity index is 870. The smallest absolute Gasteiger partial charge is 0.203 e. The van der Waals surface area contributed by atoms with E-state index in [1.165, 1.54) is 7.11 Å². The molecule has 0 aromatic heterocycles. The highest BCUT2D eigenvalue weighted by Gasteiger charge is 2.37. The summed E-state index contributed by atoms with van der Waals surface area (Å²) in [7, 11) is 4.70. The van der Waals surface area contributed by atoms with Gasteiger partial charge in [0.1, 0.15) is 0 Å². The first-order valence-electron chi connectivity index (χ1n) is 8.67. The SMILES string of the molecule is Br.COc1ccc2c(c1O)CN1CCc3cc(O)c(OC)c(OC)c3C1C2. The lowest BCUT2D eigenvalue weighted by Gasteiger charge is -2.42. The zero-order valence-corrected chi connectivity index (χ0v) is 17.3. The van der Waals surface area contributed by atoms with Gasteiger partial charge in [-0.05, 0) is 36.1 Å². The molecule has 27 heavy (non-hydrogen) atoms. The molecular weight excluding hydrogens is 414 g/mol. The van der Waals surface area contributed by atoms with Crippen molar-refractivity contribution >= 4 is 17.0 Å². The maximum Gasteiger partial charge on any atom is 0.203 e. The highest BCUT2D eigenvalue weighted by atomic mass is 79.9. The van der Waals surface area contributed by atoms with E-state index >= 15 is 0 Å². The quantitative estimate of drug-likeness (QED) is 0.766. The minimum atomic E-state index is 0. The lowest BCUT2D eigenvalue weighted by molar-refractivity contribution is 0.153. The Balaban J connectivity index is 0.00000210. The third-order valence-corrected chi connectivity index (χ3v) is 5.53. The number of aromatic hydroxyl groups is 2. The number of fused-ring (bicyclic) bond motifs is 4. The lowest BCUT2D eigenvalue weighted by Crippen LogP contribution is -2.39. The summed E-state index contributed by atoms with van der Waals surface area (Å²) in [6.45, 7) is 1.50. The maximum atomic E-state index is 10.5. The van der Waals surface area contributed by atoms with Gasteiger partial charge in [-0.15, -0.1) is 17.0 Å². The topological polar surface area (TPSA) is 71.4 Å². The van der Waals surface area contributed by atoms with E-state index in [0.29, 0.717) is 23.8 Å². The number of benzene rings is 2. The second kappa shape index (κ2) is 7.48. The highest BCUT2D eigenvalue weighted by molar-refractivity contribution is 8.93. The molecule has 146 valence electrons. The van der Waals surface area contributed by atoms with Crippen molar-refractivity contribution in [2.45, 2.75) is 25.4 Å². The molecule has 2 N–H and O–H groups in total. The third-order valence-electron chi connectivity index (χ3n) is 5.53. The van der Waals surface area contributed by atoms with Crippen LogP contribution < -0.4 is 14.2 Å². The van der Waals surface area contributed by atoms with Crippen molar-refractivity contribution in [1.29, 1.82) is 0 Å². The molecule has 0 bridgehead atoms. The fraction of sp³-hybridized carbons (Fsp3) is 0.400. The van der Waals surface area contributed by atoms with Gasteiger partial charge in [0, 0.05) is 30.3 Å². The fourth-order valence-electron chi connectivity index (χ4n) is 4.29. The number of hydrogen-bond acceptors (Lipinski definition) is 6. The molecule has 0 saturated heterocycles. The first-order chi connectivity index (χ1) is 12.6. The zero-order valence-electron chi connectivity index (χ0n) is 15.6. The molecule has 4 rings (SSSR count). The predicted molar refractivity (Wildman–Crippen MR) is 107 cm³/mol. The Morgan fingerprint density at radius 1 is 1.00 bits per heavy atom. The normalized spacial score (nSPS) is 17.8. The first-order valence-corrected chi connectivity index (χ1v) is 8.67. The second-order valence-corrected chi connectivity index (χ2v) is 6.73. The Morgan fingerprint density at radius 3 is 2.41 bits per heavy atom. The van der Waals surface area contributed by atoms with Gasteiger partial charge in [0.2, 0.25) is 5.75 Å². The minimum Gasteiger partial charge on any atom is -0.504 e. The van der Waals surface area contributed by atoms with E-state index in [9.17, 15) is 10.2 Å². The Hall–Kier alpha value is -2.12. The van der Waals surface area contributed by atoms with Crippen molar-refractivity contribution in [2.24, 2.45) is 0 Å². The summed E-state index contributed by atoms with van der Waals surface area (Å²) in [6.07, 6.45) is 1.56. The summed E-state index contributed by atoms with van der Waals surface area (Å²) >= 11 is 0. The summed E-state index contributed by atoms with van der Waals surface area (Å²) in [4.78, 5) is 2.34. The van der Waals surface area contributed by atoms with Crippen LogP contribution in [-0.2, 0) is 19.4 Å². The summed E-state index contributed by atoms with van der Waals surface area (Å²) in [6, 6.07) is 5.73. The van der Waals surface area contributed by atoms with Gasteiger partial charge in [0.25, 0.3) is 0 Å². The van der Waals surface area contributed by atoms with E-state index in [1.807, 2.05) is 12.1 Å². The van der Waals surface area contributed by atoms with Crippen LogP contribution in [0.25, 0.3) is 0 Å². The molecule has 6 nitrogen and oxygen atoms in total. The molecular formula is C20H24BrNO5. The molecule has 0 aliphatic carbocycles. The molecule has 2 heterocycles. The van der Waals surface area contributed by atoms with Crippen molar-refractivity contribution in [1.82, 2.24) is 4.90 Å². The molecule has 0 fully saturated rings. The van der Waals surface area contributed by atoms with Crippen LogP contribution in [0.1, 0.15) is 28.3 Å². The van der Waals surface area contributed by atoms with E-state index in [1.54, 1.807) is 20.3 Å². The highest BCUT2D eigenvalue weighted by Crippen LogP contribution is 2.50. The Kier molecular flexibility index (Phi) is 5.44. The van der Waals surface area contributed by atoms with Gasteiger partial charge < -0.3 is 24.4 Å². The number of phenols is 2. The number of rotatable bonds is 3. The summed E-state index contributed by atoms with van der Waals surface area (Å²) < 4.78 is 16.3. The summed E-state index contributed by atoms with van der Waals surface area (Å²) in [5.41, 5.74) is 4.18. The van der Waals surface area contributed by atoms with Crippen LogP contribution in [0.4, 0.5) is 0 Å². The van der Waals surface area contributed by atoms with Crippen LogP contribution in [0, 0.1) is 0 Å². The molecule has 0 radical (unpaired) electrons. The van der Waals surface area contributed by atoms with Crippen LogP contribution in [0.15, 0.2) is 18.2 Å². The van der Waals surface area contributed by atoms with E-state index in [0.717, 1.165) is 41.6 Å². The van der Waals surface area contributed by atoms with Crippen molar-refractivity contribution in [3.8, 4) is 28.7 Å². The van der Waals surface area contributed by atoms with Gasteiger partial charge in [-0.2, -0.15) is 0 Å². The maximum absolute atomic E-state index is 10.5.